The van der Waals surface area contributed by atoms with Crippen molar-refractivity contribution in [1.29, 1.82) is 0 Å². The minimum atomic E-state index is -1.26. The summed E-state index contributed by atoms with van der Waals surface area (Å²) in [6, 6.07) is 34.7. The molecule has 4 aromatic rings. The summed E-state index contributed by atoms with van der Waals surface area (Å²) in [4.78, 5) is 0. The molecule has 4 aromatic carbocycles. The maximum atomic E-state index is 13.8. The number of nitrogens with one attached hydrogen (secondary N) is 1. The van der Waals surface area contributed by atoms with E-state index in [1.807, 2.05) is 20.8 Å². The number of methoxy groups -OCH3 is 1. The van der Waals surface area contributed by atoms with Gasteiger partial charge < -0.3 is 4.74 Å². The highest BCUT2D eigenvalue weighted by molar-refractivity contribution is 7.84. The van der Waals surface area contributed by atoms with Crippen LogP contribution >= 0.6 is 7.92 Å². The average molecular weight is 628 g/mol. The summed E-state index contributed by atoms with van der Waals surface area (Å²) in [5.74, 6) is 0.964. The van der Waals surface area contributed by atoms with Crippen LogP contribution in [0.5, 0.6) is 5.75 Å². The zero-order valence-electron chi connectivity index (χ0n) is 28.2. The average Bonchev–Trinajstić information content (AvgIpc) is 2.98. The summed E-state index contributed by atoms with van der Waals surface area (Å²) in [6.07, 6.45) is 0.816. The van der Waals surface area contributed by atoms with Crippen LogP contribution in [0.15, 0.2) is 97.1 Å². The summed E-state index contributed by atoms with van der Waals surface area (Å²) in [5, 5.41) is 2.63. The zero-order valence-corrected chi connectivity index (χ0v) is 29.9. The molecule has 0 fully saturated rings. The smallest absolute Gasteiger partial charge is 0.126 e. The van der Waals surface area contributed by atoms with Gasteiger partial charge in [0.1, 0.15) is 5.75 Å². The lowest BCUT2D eigenvalue weighted by molar-refractivity contribution is 0.381. The quantitative estimate of drug-likeness (QED) is 0.188. The molecule has 0 aliphatic heterocycles. The van der Waals surface area contributed by atoms with Gasteiger partial charge in [-0.15, -0.1) is 0 Å². The molecule has 0 aliphatic rings. The Balaban J connectivity index is 1.95. The van der Waals surface area contributed by atoms with Gasteiger partial charge in [0.25, 0.3) is 0 Å². The molecule has 0 spiro atoms. The van der Waals surface area contributed by atoms with Crippen LogP contribution in [0.1, 0.15) is 85.0 Å². The molecule has 234 valence electrons. The molecular weight excluding hydrogens is 577 g/mol. The van der Waals surface area contributed by atoms with Crippen molar-refractivity contribution in [2.75, 3.05) is 13.3 Å². The molecule has 2 atom stereocenters. The van der Waals surface area contributed by atoms with E-state index < -0.39 is 23.7 Å². The molecule has 0 radical (unpaired) electrons. The topological polar surface area (TPSA) is 38.3 Å². The third-order valence-corrected chi connectivity index (χ3v) is 12.0. The summed E-state index contributed by atoms with van der Waals surface area (Å²) < 4.78 is 23.1. The Hall–Kier alpha value is -2.78. The van der Waals surface area contributed by atoms with Crippen LogP contribution in [-0.4, -0.2) is 22.2 Å². The molecule has 1 N–H and O–H groups in total. The highest BCUT2D eigenvalue weighted by Gasteiger charge is 2.31. The molecule has 0 bridgehead atoms. The molecule has 5 heteroatoms. The lowest BCUT2D eigenvalue weighted by Crippen LogP contribution is -2.37. The fourth-order valence-electron chi connectivity index (χ4n) is 5.45. The fraction of sp³-hybridized carbons (Fsp3) is 0.385. The van der Waals surface area contributed by atoms with E-state index >= 15 is 0 Å². The SMILES string of the molecule is COc1c(C(C)(C)C)cc(-c2ccccc2[C@H](CP(c2ccccc2)c2ccccc2)N[S@@](=O)C(C)(C)C)cc1C(C)(C)C. The second-order valence-electron chi connectivity index (χ2n) is 14.5. The third kappa shape index (κ3) is 8.08. The van der Waals surface area contributed by atoms with E-state index in [0.29, 0.717) is 0 Å². The molecule has 0 saturated heterocycles. The normalized spacial score (nSPS) is 14.0. The van der Waals surface area contributed by atoms with Crippen molar-refractivity contribution < 1.29 is 8.95 Å². The highest BCUT2D eigenvalue weighted by atomic mass is 32.2. The van der Waals surface area contributed by atoms with Crippen LogP contribution in [0.4, 0.5) is 0 Å². The minimum Gasteiger partial charge on any atom is -0.496 e. The number of hydrogen-bond acceptors (Lipinski definition) is 2. The summed E-state index contributed by atoms with van der Waals surface area (Å²) in [6.45, 7) is 19.6. The predicted molar refractivity (Wildman–Crippen MR) is 194 cm³/mol. The Bertz CT molecular complexity index is 1490. The first-order valence-corrected chi connectivity index (χ1v) is 18.2. The van der Waals surface area contributed by atoms with Crippen LogP contribution in [0.2, 0.25) is 0 Å². The minimum absolute atomic E-state index is 0.114. The molecule has 0 heterocycles. The first-order chi connectivity index (χ1) is 20.6. The molecule has 4 rings (SSSR count). The molecular formula is C39H50NO2PS. The van der Waals surface area contributed by atoms with Gasteiger partial charge in [-0.25, -0.2) is 8.93 Å². The maximum Gasteiger partial charge on any atom is 0.126 e. The van der Waals surface area contributed by atoms with Crippen molar-refractivity contribution in [2.45, 2.75) is 83.9 Å². The summed E-state index contributed by atoms with van der Waals surface area (Å²) in [5.41, 5.74) is 5.63. The number of benzene rings is 4. The van der Waals surface area contributed by atoms with Crippen LogP contribution in [-0.2, 0) is 21.8 Å². The lowest BCUT2D eigenvalue weighted by atomic mass is 9.77. The summed E-state index contributed by atoms with van der Waals surface area (Å²) in [7, 11) is -0.217. The van der Waals surface area contributed by atoms with E-state index in [1.165, 1.54) is 21.7 Å². The second-order valence-corrected chi connectivity index (χ2v) is 18.8. The van der Waals surface area contributed by atoms with Crippen molar-refractivity contribution in [3.8, 4) is 16.9 Å². The van der Waals surface area contributed by atoms with E-state index in [2.05, 4.69) is 143 Å². The van der Waals surface area contributed by atoms with Crippen LogP contribution in [0.25, 0.3) is 11.1 Å². The molecule has 0 unspecified atom stereocenters. The van der Waals surface area contributed by atoms with Gasteiger partial charge in [0.05, 0.1) is 22.8 Å². The van der Waals surface area contributed by atoms with E-state index in [1.54, 1.807) is 7.11 Å². The number of ether oxygens (including phenoxy) is 1. The molecule has 3 nitrogen and oxygen atoms in total. The Kier molecular flexibility index (Phi) is 10.6. The molecule has 0 aliphatic carbocycles. The lowest BCUT2D eigenvalue weighted by Gasteiger charge is -2.32. The largest absolute Gasteiger partial charge is 0.496 e. The Morgan fingerprint density at radius 2 is 1.16 bits per heavy atom. The van der Waals surface area contributed by atoms with Crippen molar-refractivity contribution in [3.63, 3.8) is 0 Å². The van der Waals surface area contributed by atoms with E-state index in [-0.39, 0.29) is 16.9 Å². The maximum absolute atomic E-state index is 13.8. The third-order valence-electron chi connectivity index (χ3n) is 7.86. The van der Waals surface area contributed by atoms with Crippen LogP contribution in [0.3, 0.4) is 0 Å². The van der Waals surface area contributed by atoms with Crippen LogP contribution < -0.4 is 20.1 Å². The second kappa shape index (κ2) is 13.7. The Labute approximate surface area is 270 Å². The van der Waals surface area contributed by atoms with Gasteiger partial charge in [-0.3, -0.25) is 0 Å². The van der Waals surface area contributed by atoms with Crippen molar-refractivity contribution >= 4 is 29.5 Å². The number of hydrogen-bond donors (Lipinski definition) is 1. The van der Waals surface area contributed by atoms with Gasteiger partial charge in [0, 0.05) is 17.2 Å². The molecule has 0 saturated carbocycles. The standard InChI is InChI=1S/C39H50NO2PS/c1-37(2,3)33-25-28(26-34(36(33)42-10)38(4,5)6)31-23-17-18-24-32(31)35(40-44(41)39(7,8)9)27-43(29-19-13-11-14-20-29)30-21-15-12-16-22-30/h11-26,35,40H,27H2,1-10H3/t35-,44-/m0/s1. The van der Waals surface area contributed by atoms with Gasteiger partial charge in [0.15, 0.2) is 0 Å². The van der Waals surface area contributed by atoms with Crippen LogP contribution in [0, 0.1) is 0 Å². The van der Waals surface area contributed by atoms with E-state index in [0.717, 1.165) is 28.6 Å². The van der Waals surface area contributed by atoms with Gasteiger partial charge in [-0.1, -0.05) is 126 Å². The first kappa shape index (κ1) is 34.1. The van der Waals surface area contributed by atoms with Gasteiger partial charge >= 0.3 is 0 Å². The van der Waals surface area contributed by atoms with Crippen molar-refractivity contribution in [3.05, 3.63) is 114 Å². The molecule has 44 heavy (non-hydrogen) atoms. The monoisotopic (exact) mass is 627 g/mol. The Morgan fingerprint density at radius 1 is 0.705 bits per heavy atom. The van der Waals surface area contributed by atoms with Crippen molar-refractivity contribution in [2.24, 2.45) is 0 Å². The van der Waals surface area contributed by atoms with E-state index in [9.17, 15) is 4.21 Å². The zero-order chi connectivity index (χ0) is 32.3. The highest BCUT2D eigenvalue weighted by Crippen LogP contribution is 2.45. The summed E-state index contributed by atoms with van der Waals surface area (Å²) >= 11 is 0. The van der Waals surface area contributed by atoms with Crippen molar-refractivity contribution in [1.82, 2.24) is 4.72 Å². The number of rotatable bonds is 9. The predicted octanol–water partition coefficient (Wildman–Crippen LogP) is 9.18. The van der Waals surface area contributed by atoms with Gasteiger partial charge in [0.2, 0.25) is 0 Å². The fourth-order valence-corrected chi connectivity index (χ4v) is 8.83. The molecule has 0 amide bonds. The Morgan fingerprint density at radius 3 is 1.59 bits per heavy atom. The van der Waals surface area contributed by atoms with E-state index in [4.69, 9.17) is 4.74 Å². The van der Waals surface area contributed by atoms with Gasteiger partial charge in [-0.2, -0.15) is 0 Å². The van der Waals surface area contributed by atoms with Gasteiger partial charge in [-0.05, 0) is 85.1 Å². The first-order valence-electron chi connectivity index (χ1n) is 15.5. The molecule has 0 aromatic heterocycles.